The van der Waals surface area contributed by atoms with E-state index in [1.807, 2.05) is 31.2 Å². The van der Waals surface area contributed by atoms with E-state index in [0.717, 1.165) is 36.8 Å². The summed E-state index contributed by atoms with van der Waals surface area (Å²) in [7, 11) is 0. The highest BCUT2D eigenvalue weighted by molar-refractivity contribution is 6.35. The number of benzene rings is 2. The van der Waals surface area contributed by atoms with Crippen LogP contribution in [0.1, 0.15) is 50.2 Å². The molecule has 0 spiro atoms. The summed E-state index contributed by atoms with van der Waals surface area (Å²) in [4.78, 5) is 27.7. The summed E-state index contributed by atoms with van der Waals surface area (Å²) in [5.41, 5.74) is 1.83. The zero-order chi connectivity index (χ0) is 23.1. The molecule has 1 aliphatic rings. The van der Waals surface area contributed by atoms with Gasteiger partial charge in [-0.25, -0.2) is 0 Å². The van der Waals surface area contributed by atoms with Crippen molar-refractivity contribution < 1.29 is 14.3 Å². The van der Waals surface area contributed by atoms with Crippen molar-refractivity contribution in [2.24, 2.45) is 0 Å². The second-order valence-corrected chi connectivity index (χ2v) is 9.22. The van der Waals surface area contributed by atoms with Crippen LogP contribution in [0.2, 0.25) is 10.0 Å². The number of halogens is 2. The van der Waals surface area contributed by atoms with Crippen molar-refractivity contribution in [1.29, 1.82) is 0 Å². The van der Waals surface area contributed by atoms with E-state index in [4.69, 9.17) is 27.9 Å². The first-order valence-corrected chi connectivity index (χ1v) is 11.8. The molecule has 1 aliphatic carbocycles. The van der Waals surface area contributed by atoms with E-state index < -0.39 is 6.04 Å². The average molecular weight is 477 g/mol. The van der Waals surface area contributed by atoms with Gasteiger partial charge in [-0.1, -0.05) is 66.2 Å². The number of hydrogen-bond acceptors (Lipinski definition) is 3. The molecule has 0 aromatic heterocycles. The lowest BCUT2D eigenvalue weighted by atomic mass is 9.95. The number of carbonyl (C=O) groups excluding carboxylic acids is 2. The first-order valence-electron chi connectivity index (χ1n) is 11.1. The van der Waals surface area contributed by atoms with Crippen molar-refractivity contribution >= 4 is 35.0 Å². The molecule has 0 saturated heterocycles. The van der Waals surface area contributed by atoms with Gasteiger partial charge in [0.15, 0.2) is 6.61 Å². The number of rotatable bonds is 8. The standard InChI is InChI=1S/C25H30Cl2N2O3/c1-17-8-12-22(13-9-17)32-16-24(30)29(15-19-10-11-20(26)14-23(19)27)18(2)25(31)28-21-6-4-3-5-7-21/h8-14,18,21H,3-7,15-16H2,1-2H3,(H,28,31)/t18-/m1/s1. The highest BCUT2D eigenvalue weighted by atomic mass is 35.5. The average Bonchev–Trinajstić information content (AvgIpc) is 2.78. The molecule has 2 aromatic rings. The molecule has 1 atom stereocenters. The third kappa shape index (κ3) is 6.88. The second kappa shape index (κ2) is 11.6. The zero-order valence-electron chi connectivity index (χ0n) is 18.6. The fraction of sp³-hybridized carbons (Fsp3) is 0.440. The number of hydrogen-bond donors (Lipinski definition) is 1. The van der Waals surface area contributed by atoms with Crippen molar-refractivity contribution in [3.05, 3.63) is 63.6 Å². The second-order valence-electron chi connectivity index (χ2n) is 8.38. The van der Waals surface area contributed by atoms with E-state index in [-0.39, 0.29) is 31.0 Å². The van der Waals surface area contributed by atoms with E-state index >= 15 is 0 Å². The van der Waals surface area contributed by atoms with Crippen molar-refractivity contribution in [3.8, 4) is 5.75 Å². The Kier molecular flexibility index (Phi) is 8.83. The summed E-state index contributed by atoms with van der Waals surface area (Å²) < 4.78 is 5.69. The minimum absolute atomic E-state index is 0.161. The molecular weight excluding hydrogens is 447 g/mol. The van der Waals surface area contributed by atoms with Gasteiger partial charge in [0.05, 0.1) is 0 Å². The highest BCUT2D eigenvalue weighted by Gasteiger charge is 2.29. The third-order valence-electron chi connectivity index (χ3n) is 5.86. The molecule has 0 radical (unpaired) electrons. The van der Waals surface area contributed by atoms with Crippen LogP contribution in [-0.4, -0.2) is 35.4 Å². The van der Waals surface area contributed by atoms with Crippen molar-refractivity contribution in [3.63, 3.8) is 0 Å². The lowest BCUT2D eigenvalue weighted by molar-refractivity contribution is -0.142. The van der Waals surface area contributed by atoms with Gasteiger partial charge in [0.1, 0.15) is 11.8 Å². The maximum absolute atomic E-state index is 13.2. The Bertz CT molecular complexity index is 927. The van der Waals surface area contributed by atoms with Crippen molar-refractivity contribution in [2.45, 2.75) is 64.6 Å². The molecule has 5 nitrogen and oxygen atoms in total. The van der Waals surface area contributed by atoms with E-state index in [2.05, 4.69) is 5.32 Å². The molecule has 0 heterocycles. The van der Waals surface area contributed by atoms with Gasteiger partial charge in [0.25, 0.3) is 5.91 Å². The summed E-state index contributed by atoms with van der Waals surface area (Å²) >= 11 is 12.4. The van der Waals surface area contributed by atoms with Gasteiger partial charge in [-0.3, -0.25) is 9.59 Å². The van der Waals surface area contributed by atoms with Crippen LogP contribution in [0.15, 0.2) is 42.5 Å². The van der Waals surface area contributed by atoms with Crippen LogP contribution in [0, 0.1) is 6.92 Å². The first kappa shape index (κ1) is 24.4. The molecule has 3 rings (SSSR count). The minimum Gasteiger partial charge on any atom is -0.484 e. The van der Waals surface area contributed by atoms with Crippen LogP contribution in [-0.2, 0) is 16.1 Å². The van der Waals surface area contributed by atoms with Crippen molar-refractivity contribution in [2.75, 3.05) is 6.61 Å². The van der Waals surface area contributed by atoms with E-state index in [9.17, 15) is 9.59 Å². The summed E-state index contributed by atoms with van der Waals surface area (Å²) in [6.07, 6.45) is 5.40. The predicted molar refractivity (Wildman–Crippen MR) is 128 cm³/mol. The maximum atomic E-state index is 13.2. The molecule has 7 heteroatoms. The topological polar surface area (TPSA) is 58.6 Å². The van der Waals surface area contributed by atoms with Gasteiger partial charge >= 0.3 is 0 Å². The Labute approximate surface area is 200 Å². The van der Waals surface area contributed by atoms with E-state index in [1.165, 1.54) is 11.3 Å². The summed E-state index contributed by atoms with van der Waals surface area (Å²) in [5.74, 6) is 0.154. The predicted octanol–water partition coefficient (Wildman–Crippen LogP) is 5.55. The fourth-order valence-corrected chi connectivity index (χ4v) is 4.32. The molecule has 0 unspecified atom stereocenters. The largest absolute Gasteiger partial charge is 0.484 e. The van der Waals surface area contributed by atoms with Crippen LogP contribution < -0.4 is 10.1 Å². The quantitative estimate of drug-likeness (QED) is 0.543. The number of carbonyl (C=O) groups is 2. The fourth-order valence-electron chi connectivity index (χ4n) is 3.85. The summed E-state index contributed by atoms with van der Waals surface area (Å²) in [5, 5.41) is 4.09. The molecule has 32 heavy (non-hydrogen) atoms. The molecule has 1 N–H and O–H groups in total. The Hall–Kier alpha value is -2.24. The van der Waals surface area contributed by atoms with Crippen LogP contribution in [0.5, 0.6) is 5.75 Å². The first-order chi connectivity index (χ1) is 15.3. The van der Waals surface area contributed by atoms with Crippen LogP contribution >= 0.6 is 23.2 Å². The van der Waals surface area contributed by atoms with Crippen molar-refractivity contribution in [1.82, 2.24) is 10.2 Å². The molecule has 1 saturated carbocycles. The normalized spacial score (nSPS) is 15.1. The molecule has 172 valence electrons. The molecule has 1 fully saturated rings. The Morgan fingerprint density at radius 3 is 2.44 bits per heavy atom. The van der Waals surface area contributed by atoms with Gasteiger partial charge in [0.2, 0.25) is 5.91 Å². The van der Waals surface area contributed by atoms with Gasteiger partial charge in [-0.15, -0.1) is 0 Å². The number of aryl methyl sites for hydroxylation is 1. The molecule has 0 aliphatic heterocycles. The van der Waals surface area contributed by atoms with E-state index in [1.54, 1.807) is 25.1 Å². The summed E-state index contributed by atoms with van der Waals surface area (Å²) in [6.45, 7) is 3.74. The number of nitrogens with one attached hydrogen (secondary N) is 1. The minimum atomic E-state index is -0.669. The van der Waals surface area contributed by atoms with Crippen LogP contribution in [0.25, 0.3) is 0 Å². The van der Waals surface area contributed by atoms with Gasteiger partial charge < -0.3 is 15.0 Å². The number of nitrogens with zero attached hydrogens (tertiary/aromatic N) is 1. The highest BCUT2D eigenvalue weighted by Crippen LogP contribution is 2.24. The summed E-state index contributed by atoms with van der Waals surface area (Å²) in [6, 6.07) is 12.1. The molecule has 0 bridgehead atoms. The third-order valence-corrected chi connectivity index (χ3v) is 6.44. The smallest absolute Gasteiger partial charge is 0.261 e. The Morgan fingerprint density at radius 2 is 1.78 bits per heavy atom. The van der Waals surface area contributed by atoms with Crippen LogP contribution in [0.3, 0.4) is 0 Å². The lowest BCUT2D eigenvalue weighted by Crippen LogP contribution is -2.51. The Balaban J connectivity index is 1.73. The van der Waals surface area contributed by atoms with E-state index in [0.29, 0.717) is 15.8 Å². The molecular formula is C25H30Cl2N2O3. The molecule has 2 aromatic carbocycles. The van der Waals surface area contributed by atoms with Gasteiger partial charge in [0, 0.05) is 22.6 Å². The monoisotopic (exact) mass is 476 g/mol. The lowest BCUT2D eigenvalue weighted by Gasteiger charge is -2.31. The van der Waals surface area contributed by atoms with Crippen LogP contribution in [0.4, 0.5) is 0 Å². The van der Waals surface area contributed by atoms with Gasteiger partial charge in [-0.2, -0.15) is 0 Å². The number of ether oxygens (including phenoxy) is 1. The van der Waals surface area contributed by atoms with Gasteiger partial charge in [-0.05, 0) is 56.5 Å². The maximum Gasteiger partial charge on any atom is 0.261 e. The molecule has 2 amide bonds. The number of amides is 2. The SMILES string of the molecule is Cc1ccc(OCC(=O)N(Cc2ccc(Cl)cc2Cl)[C@H](C)C(=O)NC2CCCCC2)cc1. The zero-order valence-corrected chi connectivity index (χ0v) is 20.1. The Morgan fingerprint density at radius 1 is 1.09 bits per heavy atom.